The van der Waals surface area contributed by atoms with Crippen molar-refractivity contribution in [3.05, 3.63) is 64.1 Å². The van der Waals surface area contributed by atoms with Crippen molar-refractivity contribution in [3.8, 4) is 0 Å². The third kappa shape index (κ3) is 4.89. The average molecular weight is 425 g/mol. The normalized spacial score (nSPS) is 16.0. The van der Waals surface area contributed by atoms with Crippen LogP contribution in [0.4, 0.5) is 0 Å². The Bertz CT molecular complexity index is 786. The molecular formula is C18H21BrN2O3S. The summed E-state index contributed by atoms with van der Waals surface area (Å²) in [6.45, 7) is 3.20. The second-order valence-electron chi connectivity index (χ2n) is 5.89. The van der Waals surface area contributed by atoms with Gasteiger partial charge in [0.2, 0.25) is 10.0 Å². The molecule has 0 aromatic heterocycles. The summed E-state index contributed by atoms with van der Waals surface area (Å²) in [4.78, 5) is 0.339. The van der Waals surface area contributed by atoms with E-state index in [2.05, 4.69) is 33.4 Å². The van der Waals surface area contributed by atoms with Crippen LogP contribution in [0.15, 0.2) is 57.9 Å². The van der Waals surface area contributed by atoms with Gasteiger partial charge in [0.15, 0.2) is 0 Å². The number of benzene rings is 2. The first-order valence-electron chi connectivity index (χ1n) is 8.18. The predicted molar refractivity (Wildman–Crippen MR) is 101 cm³/mol. The van der Waals surface area contributed by atoms with Crippen LogP contribution in [0.2, 0.25) is 0 Å². The molecule has 0 spiro atoms. The van der Waals surface area contributed by atoms with E-state index in [-0.39, 0.29) is 0 Å². The summed E-state index contributed by atoms with van der Waals surface area (Å²) in [5.41, 5.74) is 2.26. The summed E-state index contributed by atoms with van der Waals surface area (Å²) in [6.07, 6.45) is 0. The van der Waals surface area contributed by atoms with Gasteiger partial charge in [-0.3, -0.25) is 0 Å². The van der Waals surface area contributed by atoms with E-state index in [1.807, 2.05) is 24.3 Å². The molecule has 25 heavy (non-hydrogen) atoms. The first-order valence-corrected chi connectivity index (χ1v) is 10.4. The van der Waals surface area contributed by atoms with Crippen LogP contribution in [0, 0.1) is 0 Å². The first kappa shape index (κ1) is 18.5. The number of rotatable bonds is 6. The minimum absolute atomic E-state index is 0.339. The molecule has 3 rings (SSSR count). The lowest BCUT2D eigenvalue weighted by Gasteiger charge is -2.26. The van der Waals surface area contributed by atoms with E-state index in [0.29, 0.717) is 37.7 Å². The van der Waals surface area contributed by atoms with Crippen molar-refractivity contribution in [1.29, 1.82) is 0 Å². The maximum absolute atomic E-state index is 12.6. The molecule has 1 heterocycles. The van der Waals surface area contributed by atoms with E-state index < -0.39 is 10.0 Å². The third-order valence-electron chi connectivity index (χ3n) is 4.10. The molecule has 2 aromatic rings. The smallest absolute Gasteiger partial charge is 0.243 e. The van der Waals surface area contributed by atoms with Crippen molar-refractivity contribution in [2.45, 2.75) is 18.0 Å². The Morgan fingerprint density at radius 1 is 0.920 bits per heavy atom. The van der Waals surface area contributed by atoms with Crippen LogP contribution in [0.1, 0.15) is 11.1 Å². The lowest BCUT2D eigenvalue weighted by molar-refractivity contribution is 0.0730. The summed E-state index contributed by atoms with van der Waals surface area (Å²) in [5.74, 6) is 0. The summed E-state index contributed by atoms with van der Waals surface area (Å²) < 4.78 is 32.9. The molecule has 0 radical (unpaired) electrons. The Labute approximate surface area is 157 Å². The fourth-order valence-electron chi connectivity index (χ4n) is 2.67. The highest BCUT2D eigenvalue weighted by Crippen LogP contribution is 2.18. The molecule has 134 valence electrons. The highest BCUT2D eigenvalue weighted by Gasteiger charge is 2.25. The van der Waals surface area contributed by atoms with E-state index in [4.69, 9.17) is 4.74 Å². The second-order valence-corrected chi connectivity index (χ2v) is 8.74. The van der Waals surface area contributed by atoms with Gasteiger partial charge in [0, 0.05) is 30.7 Å². The summed E-state index contributed by atoms with van der Waals surface area (Å²) in [5, 5.41) is 3.37. The standard InChI is InChI=1S/C18H21BrN2O3S/c19-17-5-1-15(2-6-17)13-20-14-16-3-7-18(8-4-16)25(22,23)21-9-11-24-12-10-21/h1-8,20H,9-14H2. The Morgan fingerprint density at radius 3 is 2.00 bits per heavy atom. The van der Waals surface area contributed by atoms with Crippen LogP contribution in [-0.2, 0) is 27.8 Å². The minimum Gasteiger partial charge on any atom is -0.379 e. The Kier molecular flexibility index (Phi) is 6.24. The van der Waals surface area contributed by atoms with E-state index in [1.165, 1.54) is 9.87 Å². The van der Waals surface area contributed by atoms with Gasteiger partial charge in [-0.2, -0.15) is 4.31 Å². The van der Waals surface area contributed by atoms with Crippen molar-refractivity contribution < 1.29 is 13.2 Å². The largest absolute Gasteiger partial charge is 0.379 e. The van der Waals surface area contributed by atoms with Crippen LogP contribution < -0.4 is 5.32 Å². The van der Waals surface area contributed by atoms with Gasteiger partial charge >= 0.3 is 0 Å². The number of nitrogens with zero attached hydrogens (tertiary/aromatic N) is 1. The van der Waals surface area contributed by atoms with E-state index in [1.54, 1.807) is 12.1 Å². The molecule has 0 aliphatic carbocycles. The molecule has 0 amide bonds. The Morgan fingerprint density at radius 2 is 1.44 bits per heavy atom. The van der Waals surface area contributed by atoms with E-state index in [9.17, 15) is 8.42 Å². The number of ether oxygens (including phenoxy) is 1. The summed E-state index contributed by atoms with van der Waals surface area (Å²) in [7, 11) is -3.42. The fraction of sp³-hybridized carbons (Fsp3) is 0.333. The van der Waals surface area contributed by atoms with Crippen molar-refractivity contribution >= 4 is 26.0 Å². The van der Waals surface area contributed by atoms with Gasteiger partial charge in [-0.05, 0) is 35.4 Å². The molecule has 1 aliphatic heterocycles. The number of morpholine rings is 1. The van der Waals surface area contributed by atoms with Gasteiger partial charge < -0.3 is 10.1 Å². The van der Waals surface area contributed by atoms with Gasteiger partial charge in [-0.1, -0.05) is 40.2 Å². The number of nitrogens with one attached hydrogen (secondary N) is 1. The topological polar surface area (TPSA) is 58.6 Å². The SMILES string of the molecule is O=S(=O)(c1ccc(CNCc2ccc(Br)cc2)cc1)N1CCOCC1. The van der Waals surface area contributed by atoms with Crippen molar-refractivity contribution in [2.75, 3.05) is 26.3 Å². The zero-order valence-corrected chi connectivity index (χ0v) is 16.2. The first-order chi connectivity index (χ1) is 12.1. The number of hydrogen-bond donors (Lipinski definition) is 1. The number of hydrogen-bond acceptors (Lipinski definition) is 4. The maximum atomic E-state index is 12.6. The van der Waals surface area contributed by atoms with E-state index in [0.717, 1.165) is 16.6 Å². The van der Waals surface area contributed by atoms with Crippen molar-refractivity contribution in [3.63, 3.8) is 0 Å². The van der Waals surface area contributed by atoms with Gasteiger partial charge in [-0.15, -0.1) is 0 Å². The molecule has 1 fully saturated rings. The van der Waals surface area contributed by atoms with Crippen LogP contribution in [0.5, 0.6) is 0 Å². The number of sulfonamides is 1. The van der Waals surface area contributed by atoms with Crippen LogP contribution in [-0.4, -0.2) is 39.0 Å². The Hall–Kier alpha value is -1.25. The molecule has 7 heteroatoms. The molecule has 0 atom stereocenters. The fourth-order valence-corrected chi connectivity index (χ4v) is 4.34. The van der Waals surface area contributed by atoms with Crippen molar-refractivity contribution in [2.24, 2.45) is 0 Å². The highest BCUT2D eigenvalue weighted by molar-refractivity contribution is 9.10. The Balaban J connectivity index is 1.57. The lowest BCUT2D eigenvalue weighted by atomic mass is 10.2. The quantitative estimate of drug-likeness (QED) is 0.774. The zero-order chi connectivity index (χ0) is 17.7. The van der Waals surface area contributed by atoms with Gasteiger partial charge in [0.25, 0.3) is 0 Å². The second kappa shape index (κ2) is 8.42. The van der Waals surface area contributed by atoms with Gasteiger partial charge in [0.05, 0.1) is 18.1 Å². The van der Waals surface area contributed by atoms with Crippen LogP contribution >= 0.6 is 15.9 Å². The molecule has 2 aromatic carbocycles. The van der Waals surface area contributed by atoms with E-state index >= 15 is 0 Å². The predicted octanol–water partition coefficient (Wildman–Crippen LogP) is 2.76. The molecule has 1 saturated heterocycles. The number of halogens is 1. The monoisotopic (exact) mass is 424 g/mol. The van der Waals surface area contributed by atoms with Gasteiger partial charge in [-0.25, -0.2) is 8.42 Å². The van der Waals surface area contributed by atoms with Crippen LogP contribution in [0.3, 0.4) is 0 Å². The third-order valence-corrected chi connectivity index (χ3v) is 6.54. The highest BCUT2D eigenvalue weighted by atomic mass is 79.9. The molecule has 1 aliphatic rings. The minimum atomic E-state index is -3.42. The summed E-state index contributed by atoms with van der Waals surface area (Å²) >= 11 is 3.42. The molecule has 5 nitrogen and oxygen atoms in total. The maximum Gasteiger partial charge on any atom is 0.243 e. The molecule has 0 unspecified atom stereocenters. The molecule has 0 bridgehead atoms. The van der Waals surface area contributed by atoms with Gasteiger partial charge in [0.1, 0.15) is 0 Å². The average Bonchev–Trinajstić information content (AvgIpc) is 2.64. The lowest BCUT2D eigenvalue weighted by Crippen LogP contribution is -2.40. The van der Waals surface area contributed by atoms with Crippen molar-refractivity contribution in [1.82, 2.24) is 9.62 Å². The molecule has 0 saturated carbocycles. The molecule has 1 N–H and O–H groups in total. The molecular weight excluding hydrogens is 404 g/mol. The van der Waals surface area contributed by atoms with Crippen LogP contribution in [0.25, 0.3) is 0 Å². The zero-order valence-electron chi connectivity index (χ0n) is 13.8. The summed E-state index contributed by atoms with van der Waals surface area (Å²) in [6, 6.07) is 15.3.